The molecule has 5 rings (SSSR count). The third-order valence-electron chi connectivity index (χ3n) is 6.11. The smallest absolute Gasteiger partial charge is 0.367 e. The highest BCUT2D eigenvalue weighted by atomic mass is 19.4. The van der Waals surface area contributed by atoms with Crippen LogP contribution >= 0.6 is 0 Å². The van der Waals surface area contributed by atoms with Gasteiger partial charge < -0.3 is 5.32 Å². The first-order valence-corrected chi connectivity index (χ1v) is 11.4. The Hall–Kier alpha value is -4.45. The average Bonchev–Trinajstić information content (AvgIpc) is 2.93. The first-order valence-electron chi connectivity index (χ1n) is 11.4. The Kier molecular flexibility index (Phi) is 6.25. The van der Waals surface area contributed by atoms with Gasteiger partial charge in [-0.15, -0.1) is 0 Å². The molecular formula is C30H22F3N3. The standard InChI is InChI=1S/C30H22F3N3/c31-30(32,33)27-26(18-20-35-28(27)22-11-10-19-34-21-22)36-29(23-12-4-1-5-13-23,24-14-6-2-7-15-24)25-16-8-3-9-17-25/h1-21H,(H,35,36). The van der Waals surface area contributed by atoms with E-state index >= 15 is 0 Å². The lowest BCUT2D eigenvalue weighted by Crippen LogP contribution is -2.39. The molecule has 1 N–H and O–H groups in total. The van der Waals surface area contributed by atoms with E-state index in [0.29, 0.717) is 5.56 Å². The second kappa shape index (κ2) is 9.66. The number of hydrogen-bond donors (Lipinski definition) is 1. The third-order valence-corrected chi connectivity index (χ3v) is 6.11. The van der Waals surface area contributed by atoms with Gasteiger partial charge in [0.2, 0.25) is 0 Å². The second-order valence-corrected chi connectivity index (χ2v) is 8.29. The van der Waals surface area contributed by atoms with Crippen molar-refractivity contribution in [3.8, 4) is 11.3 Å². The number of aromatic nitrogens is 2. The van der Waals surface area contributed by atoms with Gasteiger partial charge in [0.05, 0.1) is 11.4 Å². The van der Waals surface area contributed by atoms with Gasteiger partial charge in [0.25, 0.3) is 0 Å². The molecule has 0 unspecified atom stereocenters. The zero-order valence-electron chi connectivity index (χ0n) is 19.2. The van der Waals surface area contributed by atoms with Crippen LogP contribution < -0.4 is 5.32 Å². The molecule has 2 aromatic heterocycles. The maximum absolute atomic E-state index is 14.7. The van der Waals surface area contributed by atoms with Gasteiger partial charge in [-0.05, 0) is 34.9 Å². The van der Waals surface area contributed by atoms with E-state index < -0.39 is 17.3 Å². The predicted molar refractivity (Wildman–Crippen MR) is 135 cm³/mol. The largest absolute Gasteiger partial charge is 0.420 e. The fraction of sp³-hybridized carbons (Fsp3) is 0.0667. The van der Waals surface area contributed by atoms with Crippen LogP contribution in [0.4, 0.5) is 18.9 Å². The molecule has 178 valence electrons. The van der Waals surface area contributed by atoms with Gasteiger partial charge in [0, 0.05) is 24.2 Å². The first kappa shape index (κ1) is 23.3. The fourth-order valence-corrected chi connectivity index (χ4v) is 4.56. The molecule has 6 heteroatoms. The molecule has 2 heterocycles. The number of hydrogen-bond acceptors (Lipinski definition) is 3. The van der Waals surface area contributed by atoms with Gasteiger partial charge in [0.15, 0.2) is 0 Å². The topological polar surface area (TPSA) is 37.8 Å². The number of anilines is 1. The van der Waals surface area contributed by atoms with E-state index in [1.165, 1.54) is 24.7 Å². The van der Waals surface area contributed by atoms with Crippen LogP contribution in [0.3, 0.4) is 0 Å². The Morgan fingerprint density at radius 3 is 1.56 bits per heavy atom. The molecule has 0 saturated heterocycles. The fourth-order valence-electron chi connectivity index (χ4n) is 4.56. The minimum absolute atomic E-state index is 0.0760. The minimum Gasteiger partial charge on any atom is -0.367 e. The molecule has 0 radical (unpaired) electrons. The number of nitrogens with one attached hydrogen (secondary N) is 1. The Morgan fingerprint density at radius 1 is 0.583 bits per heavy atom. The lowest BCUT2D eigenvalue weighted by atomic mass is 9.76. The summed E-state index contributed by atoms with van der Waals surface area (Å²) >= 11 is 0. The summed E-state index contributed by atoms with van der Waals surface area (Å²) in [5.74, 6) is 0. The quantitative estimate of drug-likeness (QED) is 0.254. The van der Waals surface area contributed by atoms with Crippen molar-refractivity contribution in [2.45, 2.75) is 11.7 Å². The van der Waals surface area contributed by atoms with Crippen LogP contribution in [0.25, 0.3) is 11.3 Å². The highest BCUT2D eigenvalue weighted by molar-refractivity contribution is 5.73. The zero-order chi connectivity index (χ0) is 25.0. The van der Waals surface area contributed by atoms with Gasteiger partial charge in [0.1, 0.15) is 11.1 Å². The maximum atomic E-state index is 14.7. The van der Waals surface area contributed by atoms with Gasteiger partial charge in [-0.3, -0.25) is 9.97 Å². The minimum atomic E-state index is -4.67. The van der Waals surface area contributed by atoms with Crippen molar-refractivity contribution >= 4 is 5.69 Å². The van der Waals surface area contributed by atoms with Crippen LogP contribution in [0.15, 0.2) is 128 Å². The summed E-state index contributed by atoms with van der Waals surface area (Å²) in [6.45, 7) is 0. The molecule has 0 amide bonds. The maximum Gasteiger partial charge on any atom is 0.420 e. The summed E-state index contributed by atoms with van der Waals surface area (Å²) in [6.07, 6.45) is -0.368. The molecule has 0 spiro atoms. The van der Waals surface area contributed by atoms with Crippen LogP contribution in [0.2, 0.25) is 0 Å². The number of rotatable bonds is 6. The number of alkyl halides is 3. The molecule has 3 nitrogen and oxygen atoms in total. The molecule has 5 aromatic rings. The van der Waals surface area contributed by atoms with Crippen LogP contribution in [-0.2, 0) is 11.7 Å². The molecule has 3 aromatic carbocycles. The Balaban J connectivity index is 1.82. The predicted octanol–water partition coefficient (Wildman–Crippen LogP) is 7.57. The van der Waals surface area contributed by atoms with Crippen molar-refractivity contribution in [1.82, 2.24) is 9.97 Å². The summed E-state index contributed by atoms with van der Waals surface area (Å²) in [5.41, 5.74) is 0.484. The number of benzene rings is 3. The molecule has 0 fully saturated rings. The monoisotopic (exact) mass is 481 g/mol. The van der Waals surface area contributed by atoms with Crippen molar-refractivity contribution in [3.05, 3.63) is 150 Å². The Morgan fingerprint density at radius 2 is 1.11 bits per heavy atom. The second-order valence-electron chi connectivity index (χ2n) is 8.29. The molecule has 0 aliphatic carbocycles. The van der Waals surface area contributed by atoms with E-state index in [-0.39, 0.29) is 11.4 Å². The van der Waals surface area contributed by atoms with Crippen LogP contribution in [0.1, 0.15) is 22.3 Å². The molecule has 0 aliphatic rings. The van der Waals surface area contributed by atoms with Gasteiger partial charge in [-0.1, -0.05) is 91.0 Å². The molecule has 0 atom stereocenters. The zero-order valence-corrected chi connectivity index (χ0v) is 19.2. The third kappa shape index (κ3) is 4.33. The van der Waals surface area contributed by atoms with Crippen molar-refractivity contribution in [2.75, 3.05) is 5.32 Å². The van der Waals surface area contributed by atoms with E-state index in [2.05, 4.69) is 15.3 Å². The summed E-state index contributed by atoms with van der Waals surface area (Å²) < 4.78 is 44.0. The summed E-state index contributed by atoms with van der Waals surface area (Å²) in [7, 11) is 0. The number of nitrogens with zero attached hydrogens (tertiary/aromatic N) is 2. The van der Waals surface area contributed by atoms with Gasteiger partial charge >= 0.3 is 6.18 Å². The van der Waals surface area contributed by atoms with E-state index in [1.807, 2.05) is 91.0 Å². The van der Waals surface area contributed by atoms with E-state index in [0.717, 1.165) is 16.7 Å². The van der Waals surface area contributed by atoms with Crippen molar-refractivity contribution in [3.63, 3.8) is 0 Å². The van der Waals surface area contributed by atoms with Crippen molar-refractivity contribution in [1.29, 1.82) is 0 Å². The average molecular weight is 482 g/mol. The van der Waals surface area contributed by atoms with E-state index in [4.69, 9.17) is 0 Å². The molecular weight excluding hydrogens is 459 g/mol. The highest BCUT2D eigenvalue weighted by Gasteiger charge is 2.42. The van der Waals surface area contributed by atoms with Crippen LogP contribution in [0.5, 0.6) is 0 Å². The number of pyridine rings is 2. The SMILES string of the molecule is FC(F)(F)c1c(NC(c2ccccc2)(c2ccccc2)c2ccccc2)ccnc1-c1cccnc1. The van der Waals surface area contributed by atoms with Crippen LogP contribution in [0, 0.1) is 0 Å². The van der Waals surface area contributed by atoms with Crippen molar-refractivity contribution in [2.24, 2.45) is 0 Å². The molecule has 0 saturated carbocycles. The normalized spacial score (nSPS) is 11.8. The molecule has 36 heavy (non-hydrogen) atoms. The lowest BCUT2D eigenvalue weighted by molar-refractivity contribution is -0.136. The van der Waals surface area contributed by atoms with E-state index in [1.54, 1.807) is 12.1 Å². The Bertz CT molecular complexity index is 1330. The summed E-state index contributed by atoms with van der Waals surface area (Å²) in [6, 6.07) is 33.0. The summed E-state index contributed by atoms with van der Waals surface area (Å²) in [4.78, 5) is 8.13. The number of halogens is 3. The molecule has 0 bridgehead atoms. The van der Waals surface area contributed by atoms with E-state index in [9.17, 15) is 13.2 Å². The summed E-state index contributed by atoms with van der Waals surface area (Å²) in [5, 5.41) is 3.35. The van der Waals surface area contributed by atoms with Crippen LogP contribution in [-0.4, -0.2) is 9.97 Å². The van der Waals surface area contributed by atoms with Crippen molar-refractivity contribution < 1.29 is 13.2 Å². The Labute approximate surface area is 207 Å². The lowest BCUT2D eigenvalue weighted by Gasteiger charge is -2.38. The van der Waals surface area contributed by atoms with Gasteiger partial charge in [-0.2, -0.15) is 13.2 Å². The van der Waals surface area contributed by atoms with Gasteiger partial charge in [-0.25, -0.2) is 0 Å². The highest BCUT2D eigenvalue weighted by Crippen LogP contribution is 2.45. The molecule has 0 aliphatic heterocycles. The first-order chi connectivity index (χ1) is 17.5.